The molecule has 11 rings (SSSR count). The maximum atomic E-state index is 8.33. The number of hydrogen-bond donors (Lipinski definition) is 0. The molecule has 9 aromatic carbocycles. The number of rotatable bonds is 6. The highest BCUT2D eigenvalue weighted by Crippen LogP contribution is 2.40. The number of nitrogens with zero attached hydrogens (tertiary/aromatic N) is 3. The Kier molecular flexibility index (Phi) is 5.47. The van der Waals surface area contributed by atoms with E-state index in [1.165, 1.54) is 10.8 Å². The first-order valence-electron chi connectivity index (χ1n) is 21.7. The van der Waals surface area contributed by atoms with Gasteiger partial charge in [-0.3, -0.25) is 0 Å². The van der Waals surface area contributed by atoms with E-state index in [1.807, 2.05) is 48.5 Å². The molecule has 0 saturated carbocycles. The highest BCUT2D eigenvalue weighted by molar-refractivity contribution is 6.09. The summed E-state index contributed by atoms with van der Waals surface area (Å²) in [6.45, 7) is 0. The van der Waals surface area contributed by atoms with Gasteiger partial charge < -0.3 is 13.7 Å². The van der Waals surface area contributed by atoms with E-state index < -0.39 is 0 Å². The zero-order valence-corrected chi connectivity index (χ0v) is 28.9. The molecule has 0 aliphatic rings. The van der Waals surface area contributed by atoms with E-state index in [2.05, 4.69) is 106 Å². The monoisotopic (exact) mass is 713 g/mol. The van der Waals surface area contributed by atoms with Crippen LogP contribution in [0.15, 0.2) is 197 Å². The van der Waals surface area contributed by atoms with Crippen LogP contribution in [0.25, 0.3) is 88.6 Å². The van der Waals surface area contributed by atoms with Crippen LogP contribution in [-0.2, 0) is 0 Å². The summed E-state index contributed by atoms with van der Waals surface area (Å²) in [7, 11) is 0. The molecule has 5 heteroatoms. The first-order chi connectivity index (χ1) is 30.5. The van der Waals surface area contributed by atoms with Gasteiger partial charge in [0, 0.05) is 28.2 Å². The summed E-state index contributed by atoms with van der Waals surface area (Å²) < 4.78 is 77.4. The topological polar surface area (TPSA) is 55.3 Å². The van der Waals surface area contributed by atoms with Crippen molar-refractivity contribution in [3.63, 3.8) is 0 Å². The smallest absolute Gasteiger partial charge is 0.227 e. The quantitative estimate of drug-likeness (QED) is 0.161. The fraction of sp³-hybridized carbons (Fsp3) is 0. The van der Waals surface area contributed by atoms with Gasteiger partial charge in [0.05, 0.1) is 11.0 Å². The molecule has 0 radical (unpaired) electrons. The third-order valence-corrected chi connectivity index (χ3v) is 10.00. The lowest BCUT2D eigenvalue weighted by atomic mass is 9.96. The predicted molar refractivity (Wildman–Crippen MR) is 225 cm³/mol. The first kappa shape index (κ1) is 23.9. The number of oxazole rings is 2. The van der Waals surface area contributed by atoms with Crippen molar-refractivity contribution in [3.05, 3.63) is 188 Å². The fourth-order valence-corrected chi connectivity index (χ4v) is 7.28. The molecule has 0 N–H and O–H groups in total. The highest BCUT2D eigenvalue weighted by atomic mass is 16.4. The molecule has 0 fully saturated rings. The Morgan fingerprint density at radius 2 is 0.855 bits per heavy atom. The van der Waals surface area contributed by atoms with E-state index in [9.17, 15) is 0 Å². The molecular weight excluding hydrogens is 675 g/mol. The van der Waals surface area contributed by atoms with Crippen LogP contribution in [0.3, 0.4) is 0 Å². The van der Waals surface area contributed by atoms with Crippen LogP contribution in [-0.4, -0.2) is 9.97 Å². The molecule has 0 unspecified atom stereocenters. The van der Waals surface area contributed by atoms with Crippen LogP contribution in [0, 0.1) is 0 Å². The molecule has 0 saturated heterocycles. The largest absolute Gasteiger partial charge is 0.436 e. The third kappa shape index (κ3) is 5.49. The second-order valence-electron chi connectivity index (χ2n) is 13.3. The molecule has 258 valence electrons. The number of benzene rings is 9. The summed E-state index contributed by atoms with van der Waals surface area (Å²) in [6.07, 6.45) is 0. The van der Waals surface area contributed by atoms with Gasteiger partial charge in [-0.15, -0.1) is 0 Å². The van der Waals surface area contributed by atoms with Gasteiger partial charge in [0.2, 0.25) is 11.8 Å². The van der Waals surface area contributed by atoms with Crippen LogP contribution in [0.5, 0.6) is 0 Å². The van der Waals surface area contributed by atoms with Crippen LogP contribution in [0.2, 0.25) is 0 Å². The average Bonchev–Trinajstić information content (AvgIpc) is 3.98. The van der Waals surface area contributed by atoms with E-state index in [4.69, 9.17) is 19.8 Å². The Balaban J connectivity index is 0.994. The fourth-order valence-electron chi connectivity index (χ4n) is 7.28. The van der Waals surface area contributed by atoms with Crippen LogP contribution in [0.1, 0.15) is 11.0 Å². The van der Waals surface area contributed by atoms with Gasteiger partial charge in [0.15, 0.2) is 11.2 Å². The molecule has 0 atom stereocenters. The normalized spacial score (nSPS) is 13.7. The van der Waals surface area contributed by atoms with Crippen molar-refractivity contribution >= 4 is 71.6 Å². The summed E-state index contributed by atoms with van der Waals surface area (Å²) in [5.41, 5.74) is 6.02. The molecule has 2 heterocycles. The van der Waals surface area contributed by atoms with Crippen molar-refractivity contribution < 1.29 is 19.8 Å². The van der Waals surface area contributed by atoms with Gasteiger partial charge in [-0.25, -0.2) is 9.97 Å². The van der Waals surface area contributed by atoms with Crippen LogP contribution >= 0.6 is 0 Å². The van der Waals surface area contributed by atoms with Crippen molar-refractivity contribution in [1.82, 2.24) is 9.97 Å². The molecule has 55 heavy (non-hydrogen) atoms. The molecule has 0 amide bonds. The minimum Gasteiger partial charge on any atom is -0.436 e. The van der Waals surface area contributed by atoms with E-state index in [1.54, 1.807) is 0 Å². The number of hydrogen-bond acceptors (Lipinski definition) is 5. The molecular formula is C50H31N3O2. The van der Waals surface area contributed by atoms with Crippen molar-refractivity contribution in [1.29, 1.82) is 0 Å². The molecule has 11 aromatic rings. The van der Waals surface area contributed by atoms with Crippen LogP contribution in [0.4, 0.5) is 17.1 Å². The van der Waals surface area contributed by atoms with Crippen molar-refractivity contribution in [2.75, 3.05) is 4.90 Å². The Bertz CT molecular complexity index is 3450. The third-order valence-electron chi connectivity index (χ3n) is 10.00. The molecule has 2 aromatic heterocycles. The Morgan fingerprint density at radius 1 is 0.400 bits per heavy atom. The molecule has 0 aliphatic carbocycles. The van der Waals surface area contributed by atoms with Gasteiger partial charge in [-0.2, -0.15) is 0 Å². The van der Waals surface area contributed by atoms with Crippen molar-refractivity contribution in [2.45, 2.75) is 0 Å². The first-order valence-corrected chi connectivity index (χ1v) is 17.7. The summed E-state index contributed by atoms with van der Waals surface area (Å²) in [4.78, 5) is 11.0. The zero-order valence-electron chi connectivity index (χ0n) is 36.9. The maximum absolute atomic E-state index is 8.33. The average molecular weight is 714 g/mol. The summed E-state index contributed by atoms with van der Waals surface area (Å²) in [5.74, 6) is 0.335. The second kappa shape index (κ2) is 12.6. The number of anilines is 3. The molecule has 0 spiro atoms. The lowest BCUT2D eigenvalue weighted by Gasteiger charge is -2.26. The predicted octanol–water partition coefficient (Wildman–Crippen LogP) is 13.9. The Morgan fingerprint density at radius 3 is 1.47 bits per heavy atom. The minimum absolute atomic E-state index is 0.00694. The van der Waals surface area contributed by atoms with Crippen molar-refractivity contribution in [2.24, 2.45) is 0 Å². The van der Waals surface area contributed by atoms with Gasteiger partial charge in [0.1, 0.15) is 11.0 Å². The summed E-state index contributed by atoms with van der Waals surface area (Å²) in [6, 6.07) is 44.5. The lowest BCUT2D eigenvalue weighted by molar-refractivity contribution is 0.619. The Labute approximate surface area is 327 Å². The van der Waals surface area contributed by atoms with Crippen molar-refractivity contribution in [3.8, 4) is 34.0 Å². The second-order valence-corrected chi connectivity index (χ2v) is 13.3. The zero-order chi connectivity index (χ0) is 43.3. The lowest BCUT2D eigenvalue weighted by Crippen LogP contribution is -2.09. The van der Waals surface area contributed by atoms with E-state index in [0.717, 1.165) is 49.7 Å². The van der Waals surface area contributed by atoms with E-state index in [-0.39, 0.29) is 82.3 Å². The van der Waals surface area contributed by atoms with Gasteiger partial charge >= 0.3 is 0 Å². The number of para-hydroxylation sites is 4. The highest BCUT2D eigenvalue weighted by Gasteiger charge is 2.17. The SMILES string of the molecule is [2H]c1c([2H])c([2H])c2oc(-c3ccc(N(c4ccc(-c5nc6c([2H])c([2H])c([2H])c([2H])c6o5)cc4)c4ccc5c(ccc6cc(-c7ccc8ccccc8c7)ccc65)c4)cc3)nc2c1[2H]. The van der Waals surface area contributed by atoms with Gasteiger partial charge in [-0.05, 0) is 140 Å². The van der Waals surface area contributed by atoms with Gasteiger partial charge in [0.25, 0.3) is 0 Å². The Hall–Kier alpha value is -7.50. The maximum Gasteiger partial charge on any atom is 0.227 e. The standard InChI is InChI=1S/C50H31N3O2/c1-2-8-35-29-36(14-13-32(35)7-1)37-21-27-43-38(30-37)15-16-39-31-42(26-28-44(39)43)53(40-22-17-33(18-23-40)49-51-45-9-3-5-11-47(45)54-49)41-24-19-34(20-25-41)50-52-46-10-4-6-12-48(46)55-50/h1-31H/i3D,4D,5D,6D,9D,10D,11D,12D. The van der Waals surface area contributed by atoms with E-state index >= 15 is 0 Å². The van der Waals surface area contributed by atoms with Gasteiger partial charge in [-0.1, -0.05) is 90.9 Å². The summed E-state index contributed by atoms with van der Waals surface area (Å²) in [5, 5.41) is 6.79. The summed E-state index contributed by atoms with van der Waals surface area (Å²) >= 11 is 0. The van der Waals surface area contributed by atoms with Crippen LogP contribution < -0.4 is 4.90 Å². The van der Waals surface area contributed by atoms with E-state index in [0.29, 0.717) is 11.1 Å². The molecule has 0 bridgehead atoms. The minimum atomic E-state index is -0.385. The number of fused-ring (bicyclic) bond motifs is 6. The molecule has 5 nitrogen and oxygen atoms in total. The number of aromatic nitrogens is 2. The molecule has 0 aliphatic heterocycles.